The third kappa shape index (κ3) is 5.70. The van der Waals surface area contributed by atoms with Crippen LogP contribution in [0.1, 0.15) is 11.1 Å². The van der Waals surface area contributed by atoms with Crippen molar-refractivity contribution in [3.63, 3.8) is 0 Å². The third-order valence-corrected chi connectivity index (χ3v) is 2.78. The van der Waals surface area contributed by atoms with E-state index >= 15 is 0 Å². The standard InChI is InChI=1S/C9H12OS.CHF3O3S/c1-6-4-8(11)5-7(2)9(6)10-3;2-1(3,4)8(5,6)7/h4-5,11H,1-3H3;(H,5,6,7). The van der Waals surface area contributed by atoms with Gasteiger partial charge >= 0.3 is 15.6 Å². The molecule has 1 rings (SSSR count). The topological polar surface area (TPSA) is 63.6 Å². The van der Waals surface area contributed by atoms with Crippen LogP contribution in [0.25, 0.3) is 0 Å². The summed E-state index contributed by atoms with van der Waals surface area (Å²) in [5.41, 5.74) is -3.26. The summed E-state index contributed by atoms with van der Waals surface area (Å²) >= 11 is 4.25. The molecule has 1 N–H and O–H groups in total. The maximum Gasteiger partial charge on any atom is 0.522 e. The lowest BCUT2D eigenvalue weighted by Gasteiger charge is -2.08. The molecule has 0 heterocycles. The fourth-order valence-corrected chi connectivity index (χ4v) is 1.64. The molecule has 1 aromatic carbocycles. The number of methoxy groups -OCH3 is 1. The van der Waals surface area contributed by atoms with E-state index in [-0.39, 0.29) is 0 Å². The average Bonchev–Trinajstić information content (AvgIpc) is 2.13. The molecule has 0 saturated heterocycles. The van der Waals surface area contributed by atoms with Gasteiger partial charge in [-0.25, -0.2) is 0 Å². The minimum Gasteiger partial charge on any atom is -0.496 e. The second-order valence-electron chi connectivity index (χ2n) is 3.53. The molecule has 0 unspecified atom stereocenters. The van der Waals surface area contributed by atoms with E-state index in [0.29, 0.717) is 0 Å². The predicted octanol–water partition coefficient (Wildman–Crippen LogP) is 2.99. The maximum absolute atomic E-state index is 10.7. The number of rotatable bonds is 1. The van der Waals surface area contributed by atoms with E-state index in [1.807, 2.05) is 26.0 Å². The first-order chi connectivity index (χ1) is 8.40. The quantitative estimate of drug-likeness (QED) is 0.475. The molecule has 110 valence electrons. The number of halogens is 3. The number of hydrogen-bond acceptors (Lipinski definition) is 4. The van der Waals surface area contributed by atoms with Crippen molar-refractivity contribution in [2.45, 2.75) is 24.3 Å². The lowest BCUT2D eigenvalue weighted by molar-refractivity contribution is -0.0510. The van der Waals surface area contributed by atoms with Crippen molar-refractivity contribution in [1.82, 2.24) is 0 Å². The molecule has 0 atom stereocenters. The van der Waals surface area contributed by atoms with Gasteiger partial charge in [-0.2, -0.15) is 21.6 Å². The highest BCUT2D eigenvalue weighted by molar-refractivity contribution is 7.86. The summed E-state index contributed by atoms with van der Waals surface area (Å²) in [5, 5.41) is 0. The van der Waals surface area contributed by atoms with E-state index in [4.69, 9.17) is 17.7 Å². The highest BCUT2D eigenvalue weighted by Gasteiger charge is 2.44. The molecule has 0 aliphatic carbocycles. The normalized spacial score (nSPS) is 11.6. The Labute approximate surface area is 114 Å². The van der Waals surface area contributed by atoms with Gasteiger partial charge in [0.2, 0.25) is 0 Å². The van der Waals surface area contributed by atoms with E-state index in [9.17, 15) is 13.2 Å². The van der Waals surface area contributed by atoms with Crippen molar-refractivity contribution in [2.24, 2.45) is 0 Å². The maximum atomic E-state index is 10.7. The van der Waals surface area contributed by atoms with Crippen LogP contribution in [0, 0.1) is 13.8 Å². The zero-order chi connectivity index (χ0) is 15.4. The number of ether oxygens (including phenoxy) is 1. The number of benzene rings is 1. The largest absolute Gasteiger partial charge is 0.522 e. The average molecular weight is 318 g/mol. The van der Waals surface area contributed by atoms with Crippen molar-refractivity contribution < 1.29 is 30.9 Å². The van der Waals surface area contributed by atoms with Crippen molar-refractivity contribution in [3.05, 3.63) is 23.3 Å². The fraction of sp³-hybridized carbons (Fsp3) is 0.400. The summed E-state index contributed by atoms with van der Waals surface area (Å²) in [6.07, 6.45) is 0. The van der Waals surface area contributed by atoms with E-state index in [1.165, 1.54) is 0 Å². The third-order valence-electron chi connectivity index (χ3n) is 1.94. The highest BCUT2D eigenvalue weighted by atomic mass is 32.2. The van der Waals surface area contributed by atoms with Gasteiger partial charge in [0.25, 0.3) is 0 Å². The first kappa shape index (κ1) is 18.1. The lowest BCUT2D eigenvalue weighted by Crippen LogP contribution is -2.21. The SMILES string of the molecule is COc1c(C)cc(S)cc1C.O=S(=O)(O)C(F)(F)F. The Morgan fingerprint density at radius 1 is 1.21 bits per heavy atom. The molecule has 0 fully saturated rings. The van der Waals surface area contributed by atoms with Crippen LogP contribution in [-0.2, 0) is 10.1 Å². The van der Waals surface area contributed by atoms with Crippen LogP contribution in [0.4, 0.5) is 13.2 Å². The van der Waals surface area contributed by atoms with Crippen LogP contribution >= 0.6 is 12.6 Å². The Hall–Kier alpha value is -0.930. The van der Waals surface area contributed by atoms with Crippen molar-refractivity contribution in [2.75, 3.05) is 7.11 Å². The van der Waals surface area contributed by atoms with E-state index in [2.05, 4.69) is 12.6 Å². The van der Waals surface area contributed by atoms with Gasteiger partial charge in [-0.3, -0.25) is 4.55 Å². The van der Waals surface area contributed by atoms with Crippen molar-refractivity contribution in [3.8, 4) is 5.75 Å². The molecule has 0 aliphatic heterocycles. The van der Waals surface area contributed by atoms with Crippen LogP contribution in [0.5, 0.6) is 5.75 Å². The Balaban J connectivity index is 0.000000362. The summed E-state index contributed by atoms with van der Waals surface area (Å²) in [7, 11) is -4.15. The first-order valence-corrected chi connectivity index (χ1v) is 6.66. The molecular weight excluding hydrogens is 305 g/mol. The summed E-state index contributed by atoms with van der Waals surface area (Å²) in [6, 6.07) is 3.99. The summed E-state index contributed by atoms with van der Waals surface area (Å²) < 4.78 is 62.7. The van der Waals surface area contributed by atoms with Gasteiger partial charge < -0.3 is 4.74 Å². The molecule has 4 nitrogen and oxygen atoms in total. The Morgan fingerprint density at radius 3 is 1.74 bits per heavy atom. The van der Waals surface area contributed by atoms with E-state index in [1.54, 1.807) is 7.11 Å². The molecule has 0 bridgehead atoms. The molecule has 0 amide bonds. The van der Waals surface area contributed by atoms with Gasteiger partial charge in [-0.1, -0.05) is 0 Å². The number of hydrogen-bond donors (Lipinski definition) is 2. The van der Waals surface area contributed by atoms with Crippen molar-refractivity contribution >= 4 is 22.7 Å². The van der Waals surface area contributed by atoms with Crippen LogP contribution in [0.2, 0.25) is 0 Å². The molecule has 1 aromatic rings. The molecule has 0 radical (unpaired) electrons. The van der Waals surface area contributed by atoms with E-state index < -0.39 is 15.6 Å². The van der Waals surface area contributed by atoms with Crippen LogP contribution in [-0.4, -0.2) is 25.6 Å². The second kappa shape index (κ2) is 6.49. The number of aryl methyl sites for hydroxylation is 2. The smallest absolute Gasteiger partial charge is 0.496 e. The molecule has 0 aliphatic rings. The number of thiol groups is 1. The van der Waals surface area contributed by atoms with Crippen LogP contribution < -0.4 is 4.74 Å². The summed E-state index contributed by atoms with van der Waals surface area (Å²) in [4.78, 5) is 0.987. The van der Waals surface area contributed by atoms with Crippen molar-refractivity contribution in [1.29, 1.82) is 0 Å². The van der Waals surface area contributed by atoms with Gasteiger partial charge in [0.1, 0.15) is 5.75 Å². The molecule has 9 heteroatoms. The number of alkyl halides is 3. The second-order valence-corrected chi connectivity index (χ2v) is 5.46. The minimum atomic E-state index is -5.84. The van der Waals surface area contributed by atoms with Crippen LogP contribution in [0.15, 0.2) is 17.0 Å². The molecular formula is C10H13F3O4S2. The Morgan fingerprint density at radius 2 is 1.53 bits per heavy atom. The van der Waals surface area contributed by atoms with Crippen LogP contribution in [0.3, 0.4) is 0 Å². The fourth-order valence-electron chi connectivity index (χ4n) is 1.25. The summed E-state index contributed by atoms with van der Waals surface area (Å²) in [6.45, 7) is 4.04. The first-order valence-electron chi connectivity index (χ1n) is 4.78. The van der Waals surface area contributed by atoms with Gasteiger partial charge in [0.05, 0.1) is 7.11 Å². The highest BCUT2D eigenvalue weighted by Crippen LogP contribution is 2.25. The van der Waals surface area contributed by atoms with Gasteiger partial charge in [0.15, 0.2) is 0 Å². The van der Waals surface area contributed by atoms with Gasteiger partial charge in [-0.15, -0.1) is 12.6 Å². The monoisotopic (exact) mass is 318 g/mol. The minimum absolute atomic E-state index is 0.961. The Kier molecular flexibility index (Phi) is 6.17. The lowest BCUT2D eigenvalue weighted by atomic mass is 10.1. The predicted molar refractivity (Wildman–Crippen MR) is 67.3 cm³/mol. The zero-order valence-electron chi connectivity index (χ0n) is 10.3. The van der Waals surface area contributed by atoms with Gasteiger partial charge in [0, 0.05) is 4.90 Å². The molecule has 0 saturated carbocycles. The zero-order valence-corrected chi connectivity index (χ0v) is 12.0. The molecule has 19 heavy (non-hydrogen) atoms. The molecule has 0 aromatic heterocycles. The van der Waals surface area contributed by atoms with Gasteiger partial charge in [-0.05, 0) is 37.1 Å². The molecule has 0 spiro atoms. The van der Waals surface area contributed by atoms with E-state index in [0.717, 1.165) is 21.8 Å². The Bertz CT molecular complexity index is 515. The summed E-state index contributed by atoms with van der Waals surface area (Å²) in [5.74, 6) is 0.961.